The summed E-state index contributed by atoms with van der Waals surface area (Å²) < 4.78 is 0. The van der Waals surface area contributed by atoms with Gasteiger partial charge in [-0.25, -0.2) is 4.98 Å². The minimum absolute atomic E-state index is 0.0196. The van der Waals surface area contributed by atoms with Crippen molar-refractivity contribution in [3.63, 3.8) is 0 Å². The van der Waals surface area contributed by atoms with E-state index in [0.29, 0.717) is 13.1 Å². The molecule has 3 fully saturated rings. The van der Waals surface area contributed by atoms with Crippen LogP contribution in [-0.2, 0) is 14.4 Å². The van der Waals surface area contributed by atoms with E-state index in [2.05, 4.69) is 9.88 Å². The van der Waals surface area contributed by atoms with Gasteiger partial charge in [0, 0.05) is 45.3 Å². The number of imide groups is 1. The van der Waals surface area contributed by atoms with E-state index in [1.807, 2.05) is 23.1 Å². The molecule has 7 nitrogen and oxygen atoms in total. The molecule has 2 saturated heterocycles. The summed E-state index contributed by atoms with van der Waals surface area (Å²) in [5, 5.41) is 0. The van der Waals surface area contributed by atoms with Gasteiger partial charge >= 0.3 is 0 Å². The van der Waals surface area contributed by atoms with Crippen molar-refractivity contribution in [1.29, 1.82) is 0 Å². The molecule has 4 rings (SSSR count). The number of amides is 3. The Bertz CT molecular complexity index is 691. The van der Waals surface area contributed by atoms with Gasteiger partial charge in [0.15, 0.2) is 0 Å². The predicted octanol–water partition coefficient (Wildman–Crippen LogP) is 1.30. The molecule has 1 aromatic rings. The number of rotatable bonds is 4. The molecule has 2 aliphatic heterocycles. The molecule has 1 aromatic heterocycles. The third-order valence-corrected chi connectivity index (χ3v) is 6.09. The predicted molar refractivity (Wildman–Crippen MR) is 99.8 cm³/mol. The summed E-state index contributed by atoms with van der Waals surface area (Å²) in [6.07, 6.45) is 5.67. The van der Waals surface area contributed by atoms with Gasteiger partial charge in [-0.15, -0.1) is 0 Å². The molecule has 0 spiro atoms. The van der Waals surface area contributed by atoms with Crippen LogP contribution in [-0.4, -0.2) is 65.2 Å². The zero-order valence-corrected chi connectivity index (χ0v) is 15.5. The lowest BCUT2D eigenvalue weighted by Gasteiger charge is -2.35. The molecule has 2 atom stereocenters. The van der Waals surface area contributed by atoms with Gasteiger partial charge < -0.3 is 9.80 Å². The molecule has 1 aliphatic carbocycles. The van der Waals surface area contributed by atoms with Crippen LogP contribution in [0.2, 0.25) is 0 Å². The molecule has 0 unspecified atom stereocenters. The highest BCUT2D eigenvalue weighted by atomic mass is 16.2. The van der Waals surface area contributed by atoms with Crippen LogP contribution in [0.15, 0.2) is 24.4 Å². The molecule has 0 N–H and O–H groups in total. The minimum atomic E-state index is -0.136. The molecule has 0 radical (unpaired) electrons. The number of pyridine rings is 1. The zero-order valence-electron chi connectivity index (χ0n) is 15.5. The number of carbonyl (C=O) groups excluding carboxylic acids is 3. The second-order valence-electron chi connectivity index (χ2n) is 7.63. The molecule has 3 aliphatic rings. The SMILES string of the molecule is O=C(CCN1C(=O)[C@H]2CCCC[C@H]2C1=O)N1CCN(c2ccccn2)CC1. The molecule has 3 heterocycles. The van der Waals surface area contributed by atoms with Crippen molar-refractivity contribution in [1.82, 2.24) is 14.8 Å². The molecular weight excluding hydrogens is 344 g/mol. The third-order valence-electron chi connectivity index (χ3n) is 6.09. The van der Waals surface area contributed by atoms with E-state index >= 15 is 0 Å². The number of likely N-dealkylation sites (tertiary alicyclic amines) is 1. The van der Waals surface area contributed by atoms with Gasteiger partial charge in [0.1, 0.15) is 5.82 Å². The largest absolute Gasteiger partial charge is 0.353 e. The molecule has 7 heteroatoms. The number of carbonyl (C=O) groups is 3. The lowest BCUT2D eigenvalue weighted by molar-refractivity contribution is -0.140. The average molecular weight is 370 g/mol. The molecule has 0 aromatic carbocycles. The van der Waals surface area contributed by atoms with E-state index in [4.69, 9.17) is 0 Å². The second-order valence-corrected chi connectivity index (χ2v) is 7.63. The van der Waals surface area contributed by atoms with Crippen LogP contribution in [0.3, 0.4) is 0 Å². The fraction of sp³-hybridized carbons (Fsp3) is 0.600. The first-order valence-electron chi connectivity index (χ1n) is 9.94. The summed E-state index contributed by atoms with van der Waals surface area (Å²) in [5.74, 6) is 0.563. The van der Waals surface area contributed by atoms with Crippen LogP contribution >= 0.6 is 0 Å². The molecule has 144 valence electrons. The summed E-state index contributed by atoms with van der Waals surface area (Å²) in [6.45, 7) is 3.00. The number of fused-ring (bicyclic) bond motifs is 1. The van der Waals surface area contributed by atoms with Crippen LogP contribution in [0.25, 0.3) is 0 Å². The maximum atomic E-state index is 12.6. The van der Waals surface area contributed by atoms with Gasteiger partial charge in [-0.3, -0.25) is 19.3 Å². The molecule has 27 heavy (non-hydrogen) atoms. The van der Waals surface area contributed by atoms with Crippen molar-refractivity contribution < 1.29 is 14.4 Å². The second kappa shape index (κ2) is 7.66. The Balaban J connectivity index is 1.28. The number of hydrogen-bond acceptors (Lipinski definition) is 5. The molecule has 3 amide bonds. The first kappa shape index (κ1) is 17.9. The molecule has 0 bridgehead atoms. The highest BCUT2D eigenvalue weighted by molar-refractivity contribution is 6.05. The lowest BCUT2D eigenvalue weighted by atomic mass is 9.81. The maximum absolute atomic E-state index is 12.6. The number of aromatic nitrogens is 1. The fourth-order valence-electron chi connectivity index (χ4n) is 4.54. The first-order valence-corrected chi connectivity index (χ1v) is 9.94. The average Bonchev–Trinajstić information content (AvgIpc) is 2.97. The fourth-order valence-corrected chi connectivity index (χ4v) is 4.54. The number of hydrogen-bond donors (Lipinski definition) is 0. The van der Waals surface area contributed by atoms with Crippen molar-refractivity contribution in [2.45, 2.75) is 32.1 Å². The highest BCUT2D eigenvalue weighted by Crippen LogP contribution is 2.38. The maximum Gasteiger partial charge on any atom is 0.233 e. The van der Waals surface area contributed by atoms with Crippen LogP contribution < -0.4 is 4.90 Å². The normalized spacial score (nSPS) is 25.7. The van der Waals surface area contributed by atoms with E-state index < -0.39 is 0 Å². The van der Waals surface area contributed by atoms with Gasteiger partial charge in [-0.1, -0.05) is 18.9 Å². The van der Waals surface area contributed by atoms with Crippen LogP contribution in [0.1, 0.15) is 32.1 Å². The Kier molecular flexibility index (Phi) is 5.09. The van der Waals surface area contributed by atoms with Crippen LogP contribution in [0.5, 0.6) is 0 Å². The number of nitrogens with zero attached hydrogens (tertiary/aromatic N) is 4. The Morgan fingerprint density at radius 2 is 1.67 bits per heavy atom. The van der Waals surface area contributed by atoms with E-state index in [1.54, 1.807) is 6.20 Å². The Hall–Kier alpha value is -2.44. The smallest absolute Gasteiger partial charge is 0.233 e. The first-order chi connectivity index (χ1) is 13.1. The van der Waals surface area contributed by atoms with E-state index in [-0.39, 0.29) is 42.5 Å². The van der Waals surface area contributed by atoms with Gasteiger partial charge in [0.2, 0.25) is 17.7 Å². The molecular formula is C20H26N4O3. The van der Waals surface area contributed by atoms with Gasteiger partial charge in [0.25, 0.3) is 0 Å². The summed E-state index contributed by atoms with van der Waals surface area (Å²) >= 11 is 0. The van der Waals surface area contributed by atoms with Crippen molar-refractivity contribution in [2.24, 2.45) is 11.8 Å². The minimum Gasteiger partial charge on any atom is -0.353 e. The summed E-state index contributed by atoms with van der Waals surface area (Å²) in [6, 6.07) is 5.82. The van der Waals surface area contributed by atoms with Crippen molar-refractivity contribution in [3.8, 4) is 0 Å². The van der Waals surface area contributed by atoms with E-state index in [9.17, 15) is 14.4 Å². The Labute approximate surface area is 159 Å². The standard InChI is InChI=1S/C20H26N4O3/c25-18(23-13-11-22(12-14-23)17-7-3-4-9-21-17)8-10-24-19(26)15-5-1-2-6-16(15)20(24)27/h3-4,7,9,15-16H,1-2,5-6,8,10-14H2/t15-,16+. The highest BCUT2D eigenvalue weighted by Gasteiger charge is 2.47. The van der Waals surface area contributed by atoms with Crippen LogP contribution in [0, 0.1) is 11.8 Å². The Morgan fingerprint density at radius 3 is 2.26 bits per heavy atom. The number of anilines is 1. The van der Waals surface area contributed by atoms with Crippen molar-refractivity contribution in [2.75, 3.05) is 37.6 Å². The quantitative estimate of drug-likeness (QED) is 0.747. The summed E-state index contributed by atoms with van der Waals surface area (Å²) in [5.41, 5.74) is 0. The summed E-state index contributed by atoms with van der Waals surface area (Å²) in [4.78, 5) is 47.3. The number of piperazine rings is 1. The van der Waals surface area contributed by atoms with Crippen molar-refractivity contribution in [3.05, 3.63) is 24.4 Å². The lowest BCUT2D eigenvalue weighted by Crippen LogP contribution is -2.49. The monoisotopic (exact) mass is 370 g/mol. The Morgan fingerprint density at radius 1 is 1.00 bits per heavy atom. The van der Waals surface area contributed by atoms with E-state index in [0.717, 1.165) is 44.6 Å². The third kappa shape index (κ3) is 3.55. The summed E-state index contributed by atoms with van der Waals surface area (Å²) in [7, 11) is 0. The van der Waals surface area contributed by atoms with E-state index in [1.165, 1.54) is 4.90 Å². The van der Waals surface area contributed by atoms with Gasteiger partial charge in [-0.2, -0.15) is 0 Å². The zero-order chi connectivity index (χ0) is 18.8. The van der Waals surface area contributed by atoms with Gasteiger partial charge in [-0.05, 0) is 25.0 Å². The van der Waals surface area contributed by atoms with Gasteiger partial charge in [0.05, 0.1) is 11.8 Å². The molecule has 1 saturated carbocycles. The van der Waals surface area contributed by atoms with Crippen LogP contribution in [0.4, 0.5) is 5.82 Å². The van der Waals surface area contributed by atoms with Crippen molar-refractivity contribution >= 4 is 23.5 Å². The topological polar surface area (TPSA) is 73.8 Å².